The van der Waals surface area contributed by atoms with Crippen LogP contribution < -0.4 is 16.4 Å². The molecule has 0 saturated carbocycles. The van der Waals surface area contributed by atoms with Crippen LogP contribution in [-0.2, 0) is 9.63 Å². The maximum Gasteiger partial charge on any atom is 0.253 e. The van der Waals surface area contributed by atoms with Gasteiger partial charge in [0.2, 0.25) is 11.9 Å². The zero-order valence-corrected chi connectivity index (χ0v) is 25.2. The van der Waals surface area contributed by atoms with Gasteiger partial charge in [-0.2, -0.15) is 5.26 Å². The van der Waals surface area contributed by atoms with Crippen molar-refractivity contribution >= 4 is 29.1 Å². The third-order valence-corrected chi connectivity index (χ3v) is 6.64. The number of carbonyl (C=O) groups excluding carboxylic acids is 2. The number of rotatable bonds is 18. The zero-order valence-electron chi connectivity index (χ0n) is 25.2. The molecule has 42 heavy (non-hydrogen) atoms. The summed E-state index contributed by atoms with van der Waals surface area (Å²) in [5.74, 6) is 0.229. The number of pyridine rings is 1. The summed E-state index contributed by atoms with van der Waals surface area (Å²) in [6.07, 6.45) is 12.6. The first-order valence-corrected chi connectivity index (χ1v) is 14.8. The number of nitriles is 1. The van der Waals surface area contributed by atoms with Gasteiger partial charge in [0.1, 0.15) is 0 Å². The molecule has 2 amide bonds. The lowest BCUT2D eigenvalue weighted by Gasteiger charge is -2.31. The zero-order chi connectivity index (χ0) is 30.6. The summed E-state index contributed by atoms with van der Waals surface area (Å²) >= 11 is 0. The number of hydrogen-bond donors (Lipinski definition) is 3. The van der Waals surface area contributed by atoms with Gasteiger partial charge in [-0.25, -0.2) is 5.06 Å². The third kappa shape index (κ3) is 12.6. The van der Waals surface area contributed by atoms with Crippen LogP contribution in [0.1, 0.15) is 82.0 Å². The lowest BCUT2D eigenvalue weighted by molar-refractivity contribution is -0.203. The molecule has 11 heteroatoms. The van der Waals surface area contributed by atoms with Gasteiger partial charge in [0.25, 0.3) is 5.91 Å². The van der Waals surface area contributed by atoms with E-state index in [0.717, 1.165) is 57.1 Å². The topological polar surface area (TPSA) is 149 Å². The number of benzene rings is 1. The van der Waals surface area contributed by atoms with Gasteiger partial charge in [0, 0.05) is 55.9 Å². The number of guanidine groups is 1. The maximum absolute atomic E-state index is 13.3. The van der Waals surface area contributed by atoms with Crippen LogP contribution in [0, 0.1) is 11.5 Å². The number of aliphatic imine (C=N–C) groups is 1. The van der Waals surface area contributed by atoms with Crippen LogP contribution >= 0.6 is 0 Å². The minimum atomic E-state index is -0.143. The quantitative estimate of drug-likeness (QED) is 0.0428. The molecule has 228 valence electrons. The summed E-state index contributed by atoms with van der Waals surface area (Å²) in [6.45, 7) is 5.35. The van der Waals surface area contributed by atoms with Gasteiger partial charge in [-0.05, 0) is 56.0 Å². The Bertz CT molecular complexity index is 1150. The Morgan fingerprint density at radius 1 is 1.10 bits per heavy atom. The van der Waals surface area contributed by atoms with E-state index in [1.54, 1.807) is 65.8 Å². The molecule has 11 nitrogen and oxygen atoms in total. The van der Waals surface area contributed by atoms with Crippen molar-refractivity contribution < 1.29 is 14.4 Å². The minimum absolute atomic E-state index is 0.00992. The van der Waals surface area contributed by atoms with Gasteiger partial charge >= 0.3 is 0 Å². The van der Waals surface area contributed by atoms with Crippen molar-refractivity contribution in [3.8, 4) is 6.19 Å². The normalized spacial score (nSPS) is 11.2. The van der Waals surface area contributed by atoms with Crippen LogP contribution in [0.15, 0.2) is 53.8 Å². The Labute approximate surface area is 250 Å². The Morgan fingerprint density at radius 3 is 2.48 bits per heavy atom. The fraction of sp³-hybridized carbons (Fsp3) is 0.516. The molecule has 4 N–H and O–H groups in total. The van der Waals surface area contributed by atoms with Crippen LogP contribution in [-0.4, -0.2) is 65.5 Å². The SMILES string of the molecule is CCCC(CCC)N(OCCN(C)C(=O)c1cccc(N)c1)C(=O)CCCCCCN=C(NC#N)Nc1ccncc1. The van der Waals surface area contributed by atoms with E-state index in [0.29, 0.717) is 36.7 Å². The lowest BCUT2D eigenvalue weighted by Crippen LogP contribution is -2.42. The summed E-state index contributed by atoms with van der Waals surface area (Å²) < 4.78 is 0. The Kier molecular flexibility index (Phi) is 16.1. The maximum atomic E-state index is 13.3. The highest BCUT2D eigenvalue weighted by molar-refractivity contribution is 5.95. The lowest BCUT2D eigenvalue weighted by atomic mass is 10.1. The van der Waals surface area contributed by atoms with Crippen LogP contribution in [0.5, 0.6) is 0 Å². The second kappa shape index (κ2) is 19.8. The number of unbranched alkanes of at least 4 members (excludes halogenated alkanes) is 3. The Balaban J connectivity index is 1.82. The smallest absolute Gasteiger partial charge is 0.253 e. The molecule has 0 fully saturated rings. The van der Waals surface area contributed by atoms with Gasteiger partial charge in [-0.3, -0.25) is 29.7 Å². The number of aromatic nitrogens is 1. The van der Waals surface area contributed by atoms with Gasteiger partial charge < -0.3 is 16.0 Å². The number of anilines is 2. The van der Waals surface area contributed by atoms with Crippen LogP contribution in [0.3, 0.4) is 0 Å². The number of hydroxylamine groups is 2. The van der Waals surface area contributed by atoms with Crippen molar-refractivity contribution in [1.82, 2.24) is 20.3 Å². The Hall–Kier alpha value is -4.17. The number of nitrogens with zero attached hydrogens (tertiary/aromatic N) is 5. The first-order chi connectivity index (χ1) is 20.4. The molecule has 0 bridgehead atoms. The number of nitrogens with two attached hydrogens (primary N) is 1. The van der Waals surface area contributed by atoms with Crippen molar-refractivity contribution in [1.29, 1.82) is 5.26 Å². The molecule has 1 heterocycles. The summed E-state index contributed by atoms with van der Waals surface area (Å²) in [7, 11) is 1.72. The predicted octanol–water partition coefficient (Wildman–Crippen LogP) is 4.95. The summed E-state index contributed by atoms with van der Waals surface area (Å²) in [4.78, 5) is 42.1. The third-order valence-electron chi connectivity index (χ3n) is 6.64. The average Bonchev–Trinajstić information content (AvgIpc) is 2.98. The molecule has 0 atom stereocenters. The van der Waals surface area contributed by atoms with Gasteiger partial charge in [-0.1, -0.05) is 45.6 Å². The van der Waals surface area contributed by atoms with Crippen molar-refractivity contribution in [2.24, 2.45) is 4.99 Å². The predicted molar refractivity (Wildman–Crippen MR) is 166 cm³/mol. The van der Waals surface area contributed by atoms with E-state index in [-0.39, 0.29) is 24.5 Å². The molecule has 1 aromatic heterocycles. The van der Waals surface area contributed by atoms with E-state index in [9.17, 15) is 9.59 Å². The molecule has 2 aromatic rings. The summed E-state index contributed by atoms with van der Waals surface area (Å²) in [6, 6.07) is 10.5. The molecule has 0 aliphatic carbocycles. The first-order valence-electron chi connectivity index (χ1n) is 14.8. The molecule has 0 saturated heterocycles. The number of nitrogens with one attached hydrogen (secondary N) is 2. The van der Waals surface area contributed by atoms with Crippen molar-refractivity contribution in [2.75, 3.05) is 37.8 Å². The monoisotopic (exact) mass is 578 g/mol. The number of nitrogen functional groups attached to an aromatic ring is 1. The summed E-state index contributed by atoms with van der Waals surface area (Å²) in [5.41, 5.74) is 7.67. The standard InChI is InChI=1S/C31H46N8O3/c1-4-11-28(12-5-2)39(42-22-21-38(3)30(41)25-13-10-14-26(33)23-25)29(40)15-8-6-7-9-18-35-31(36-24-32)37-27-16-19-34-20-17-27/h10,13-14,16-17,19-20,23,28H,4-9,11-12,15,18,21-22,33H2,1-3H3,(H2,34,35,36,37). The average molecular weight is 579 g/mol. The molecule has 0 aliphatic heterocycles. The first kappa shape index (κ1) is 34.0. The van der Waals surface area contributed by atoms with Gasteiger partial charge in [0.15, 0.2) is 6.19 Å². The molecule has 0 radical (unpaired) electrons. The molecule has 2 rings (SSSR count). The number of likely N-dealkylation sites (N-methyl/N-ethyl adjacent to an activating group) is 1. The molecular formula is C31H46N8O3. The van der Waals surface area contributed by atoms with Crippen LogP contribution in [0.4, 0.5) is 11.4 Å². The molecule has 0 aliphatic rings. The van der Waals surface area contributed by atoms with E-state index >= 15 is 0 Å². The van der Waals surface area contributed by atoms with Gasteiger partial charge in [0.05, 0.1) is 12.6 Å². The highest BCUT2D eigenvalue weighted by atomic mass is 16.7. The van der Waals surface area contributed by atoms with E-state index < -0.39 is 0 Å². The highest BCUT2D eigenvalue weighted by Gasteiger charge is 2.24. The van der Waals surface area contributed by atoms with Gasteiger partial charge in [-0.15, -0.1) is 0 Å². The largest absolute Gasteiger partial charge is 0.399 e. The van der Waals surface area contributed by atoms with E-state index in [1.165, 1.54) is 0 Å². The molecule has 1 aromatic carbocycles. The summed E-state index contributed by atoms with van der Waals surface area (Å²) in [5, 5.41) is 16.2. The van der Waals surface area contributed by atoms with Crippen LogP contribution in [0.25, 0.3) is 0 Å². The van der Waals surface area contributed by atoms with Crippen molar-refractivity contribution in [3.05, 3.63) is 54.4 Å². The van der Waals surface area contributed by atoms with Crippen molar-refractivity contribution in [3.63, 3.8) is 0 Å². The Morgan fingerprint density at radius 2 is 1.81 bits per heavy atom. The van der Waals surface area contributed by atoms with E-state index in [2.05, 4.69) is 34.5 Å². The number of amides is 2. The minimum Gasteiger partial charge on any atom is -0.399 e. The van der Waals surface area contributed by atoms with Crippen LogP contribution in [0.2, 0.25) is 0 Å². The second-order valence-corrected chi connectivity index (χ2v) is 10.1. The fourth-order valence-electron chi connectivity index (χ4n) is 4.47. The van der Waals surface area contributed by atoms with E-state index in [1.807, 2.05) is 6.19 Å². The molecule has 0 unspecified atom stereocenters. The molecular weight excluding hydrogens is 532 g/mol. The second-order valence-electron chi connectivity index (χ2n) is 10.1. The molecule has 0 spiro atoms. The number of carbonyl (C=O) groups is 2. The number of hydrogen-bond acceptors (Lipinski definition) is 7. The fourth-order valence-corrected chi connectivity index (χ4v) is 4.47. The van der Waals surface area contributed by atoms with Crippen molar-refractivity contribution in [2.45, 2.75) is 77.7 Å². The highest BCUT2D eigenvalue weighted by Crippen LogP contribution is 2.17. The van der Waals surface area contributed by atoms with E-state index in [4.69, 9.17) is 15.8 Å².